The second kappa shape index (κ2) is 7.89. The number of rotatable bonds is 7. The van der Waals surface area contributed by atoms with Crippen LogP contribution in [0.25, 0.3) is 0 Å². The summed E-state index contributed by atoms with van der Waals surface area (Å²) >= 11 is 0. The molecule has 1 saturated heterocycles. The fraction of sp³-hybridized carbons (Fsp3) is 0.438. The molecule has 1 aliphatic heterocycles. The summed E-state index contributed by atoms with van der Waals surface area (Å²) in [6, 6.07) is 7.02. The van der Waals surface area contributed by atoms with Gasteiger partial charge in [0.1, 0.15) is 0 Å². The van der Waals surface area contributed by atoms with E-state index in [0.29, 0.717) is 24.9 Å². The third-order valence-corrected chi connectivity index (χ3v) is 3.86. The summed E-state index contributed by atoms with van der Waals surface area (Å²) in [6.45, 7) is 4.79. The second-order valence-corrected chi connectivity index (χ2v) is 5.56. The summed E-state index contributed by atoms with van der Waals surface area (Å²) in [5.74, 6) is -0.332. The fourth-order valence-electron chi connectivity index (χ4n) is 2.45. The van der Waals surface area contributed by atoms with Crippen LogP contribution in [0, 0.1) is 0 Å². The number of benzene rings is 1. The number of carboxylic acid groups (broad SMARTS) is 1. The van der Waals surface area contributed by atoms with E-state index in [-0.39, 0.29) is 5.56 Å². The Morgan fingerprint density at radius 2 is 1.96 bits per heavy atom. The van der Waals surface area contributed by atoms with Crippen molar-refractivity contribution in [3.63, 3.8) is 0 Å². The fourth-order valence-corrected chi connectivity index (χ4v) is 2.45. The van der Waals surface area contributed by atoms with Crippen molar-refractivity contribution in [3.05, 3.63) is 41.3 Å². The van der Waals surface area contributed by atoms with Crippen LogP contribution in [0.2, 0.25) is 0 Å². The predicted octanol–water partition coefficient (Wildman–Crippen LogP) is 1.25. The van der Waals surface area contributed by atoms with Crippen LogP contribution >= 0.6 is 0 Å². The van der Waals surface area contributed by atoms with Crippen molar-refractivity contribution in [1.29, 1.82) is 0 Å². The lowest BCUT2D eigenvalue weighted by molar-refractivity contribution is 0.0377. The van der Waals surface area contributed by atoms with Crippen LogP contribution in [0.3, 0.4) is 0 Å². The number of morpholine rings is 1. The number of carbonyl (C=O) groups is 1. The van der Waals surface area contributed by atoms with Crippen LogP contribution < -0.4 is 5.32 Å². The summed E-state index contributed by atoms with van der Waals surface area (Å²) in [4.78, 5) is 13.1. The Morgan fingerprint density at radius 3 is 2.67 bits per heavy atom. The van der Waals surface area contributed by atoms with Crippen molar-refractivity contribution in [2.75, 3.05) is 38.2 Å². The molecular formula is C16H20N4O4. The second-order valence-electron chi connectivity index (χ2n) is 5.56. The zero-order valence-electron chi connectivity index (χ0n) is 13.3. The van der Waals surface area contributed by atoms with E-state index in [0.717, 1.165) is 38.4 Å². The van der Waals surface area contributed by atoms with Gasteiger partial charge in [0.05, 0.1) is 18.8 Å². The van der Waals surface area contributed by atoms with Crippen molar-refractivity contribution in [2.24, 2.45) is 0 Å². The monoisotopic (exact) mass is 332 g/mol. The number of hydrogen-bond acceptors (Lipinski definition) is 7. The molecule has 2 N–H and O–H groups in total. The smallest absolute Gasteiger partial charge is 0.335 e. The van der Waals surface area contributed by atoms with E-state index in [9.17, 15) is 4.79 Å². The molecule has 128 valence electrons. The van der Waals surface area contributed by atoms with Gasteiger partial charge in [-0.05, 0) is 17.7 Å². The summed E-state index contributed by atoms with van der Waals surface area (Å²) in [7, 11) is 0. The lowest BCUT2D eigenvalue weighted by atomic mass is 10.1. The number of carboxylic acids is 1. The molecule has 1 aromatic heterocycles. The van der Waals surface area contributed by atoms with E-state index >= 15 is 0 Å². The highest BCUT2D eigenvalue weighted by Gasteiger charge is 2.12. The molecule has 0 aliphatic carbocycles. The average Bonchev–Trinajstić information content (AvgIpc) is 3.07. The SMILES string of the molecule is O=C(O)c1ccc(CNc2nnc(CCN3CCOCC3)o2)cc1. The molecule has 8 heteroatoms. The highest BCUT2D eigenvalue weighted by Crippen LogP contribution is 2.10. The van der Waals surface area contributed by atoms with E-state index in [2.05, 4.69) is 20.4 Å². The van der Waals surface area contributed by atoms with Gasteiger partial charge in [0.15, 0.2) is 0 Å². The number of anilines is 1. The Morgan fingerprint density at radius 1 is 1.21 bits per heavy atom. The molecule has 2 aromatic rings. The minimum absolute atomic E-state index is 0.266. The minimum atomic E-state index is -0.934. The number of hydrogen-bond donors (Lipinski definition) is 2. The molecule has 1 fully saturated rings. The topological polar surface area (TPSA) is 101 Å². The minimum Gasteiger partial charge on any atom is -0.478 e. The highest BCUT2D eigenvalue weighted by molar-refractivity contribution is 5.87. The maximum atomic E-state index is 10.8. The third-order valence-electron chi connectivity index (χ3n) is 3.86. The van der Waals surface area contributed by atoms with E-state index in [4.69, 9.17) is 14.3 Å². The Kier molecular flexibility index (Phi) is 5.39. The van der Waals surface area contributed by atoms with Crippen molar-refractivity contribution in [1.82, 2.24) is 15.1 Å². The lowest BCUT2D eigenvalue weighted by Crippen LogP contribution is -2.37. The standard InChI is InChI=1S/C16H20N4O4/c21-15(22)13-3-1-12(2-4-13)11-17-16-19-18-14(24-16)5-6-20-7-9-23-10-8-20/h1-4H,5-11H2,(H,17,19)(H,21,22). The van der Waals surface area contributed by atoms with Crippen molar-refractivity contribution < 1.29 is 19.1 Å². The number of ether oxygens (including phenoxy) is 1. The van der Waals surface area contributed by atoms with E-state index in [1.54, 1.807) is 24.3 Å². The van der Waals surface area contributed by atoms with Gasteiger partial charge in [-0.1, -0.05) is 17.2 Å². The number of aromatic carboxylic acids is 1. The molecule has 8 nitrogen and oxygen atoms in total. The Hall–Kier alpha value is -2.45. The van der Waals surface area contributed by atoms with Gasteiger partial charge in [-0.25, -0.2) is 4.79 Å². The van der Waals surface area contributed by atoms with Crippen LogP contribution in [0.15, 0.2) is 28.7 Å². The first kappa shape index (κ1) is 16.4. The Balaban J connectivity index is 1.46. The van der Waals surface area contributed by atoms with Crippen LogP contribution in [0.1, 0.15) is 21.8 Å². The first-order valence-corrected chi connectivity index (χ1v) is 7.89. The van der Waals surface area contributed by atoms with E-state index < -0.39 is 5.97 Å². The average molecular weight is 332 g/mol. The van der Waals surface area contributed by atoms with Crippen LogP contribution in [0.5, 0.6) is 0 Å². The maximum Gasteiger partial charge on any atom is 0.335 e. The molecule has 0 unspecified atom stereocenters. The normalized spacial score (nSPS) is 15.3. The van der Waals surface area contributed by atoms with E-state index in [1.165, 1.54) is 0 Å². The number of aromatic nitrogens is 2. The zero-order valence-corrected chi connectivity index (χ0v) is 13.3. The Labute approximate surface area is 139 Å². The van der Waals surface area contributed by atoms with Gasteiger partial charge in [-0.3, -0.25) is 4.90 Å². The molecule has 0 bridgehead atoms. The molecule has 0 radical (unpaired) electrons. The molecular weight excluding hydrogens is 312 g/mol. The van der Waals surface area contributed by atoms with Gasteiger partial charge in [0.2, 0.25) is 5.89 Å². The molecule has 24 heavy (non-hydrogen) atoms. The van der Waals surface area contributed by atoms with Crippen LogP contribution in [0.4, 0.5) is 6.01 Å². The zero-order chi connectivity index (χ0) is 16.8. The third kappa shape index (κ3) is 4.53. The molecule has 3 rings (SSSR count). The quantitative estimate of drug-likeness (QED) is 0.781. The van der Waals surface area contributed by atoms with Gasteiger partial charge in [0.25, 0.3) is 0 Å². The lowest BCUT2D eigenvalue weighted by Gasteiger charge is -2.25. The molecule has 0 atom stereocenters. The molecule has 1 aliphatic rings. The van der Waals surface area contributed by atoms with Gasteiger partial charge < -0.3 is 19.6 Å². The van der Waals surface area contributed by atoms with Crippen molar-refractivity contribution >= 4 is 12.0 Å². The summed E-state index contributed by atoms with van der Waals surface area (Å²) in [6.07, 6.45) is 0.710. The first-order valence-electron chi connectivity index (χ1n) is 7.89. The van der Waals surface area contributed by atoms with E-state index in [1.807, 2.05) is 0 Å². The molecule has 2 heterocycles. The number of nitrogens with zero attached hydrogens (tertiary/aromatic N) is 3. The predicted molar refractivity (Wildman–Crippen MR) is 86.0 cm³/mol. The van der Waals surface area contributed by atoms with Gasteiger partial charge >= 0.3 is 12.0 Å². The summed E-state index contributed by atoms with van der Waals surface area (Å²) in [5.41, 5.74) is 1.20. The molecule has 0 saturated carbocycles. The van der Waals surface area contributed by atoms with Crippen molar-refractivity contribution in [3.8, 4) is 0 Å². The maximum absolute atomic E-state index is 10.8. The van der Waals surface area contributed by atoms with Crippen molar-refractivity contribution in [2.45, 2.75) is 13.0 Å². The van der Waals surface area contributed by atoms with Crippen LogP contribution in [-0.4, -0.2) is 59.0 Å². The van der Waals surface area contributed by atoms with Gasteiger partial charge in [-0.15, -0.1) is 5.10 Å². The van der Waals surface area contributed by atoms with Crippen LogP contribution in [-0.2, 0) is 17.7 Å². The summed E-state index contributed by atoms with van der Waals surface area (Å²) in [5, 5.41) is 19.9. The molecule has 0 spiro atoms. The highest BCUT2D eigenvalue weighted by atomic mass is 16.5. The van der Waals surface area contributed by atoms with Gasteiger partial charge in [-0.2, -0.15) is 0 Å². The summed E-state index contributed by atoms with van der Waals surface area (Å²) < 4.78 is 10.9. The van der Waals surface area contributed by atoms with Gasteiger partial charge in [0, 0.05) is 32.6 Å². The molecule has 1 aromatic carbocycles. The Bertz CT molecular complexity index is 665. The molecule has 0 amide bonds. The number of nitrogens with one attached hydrogen (secondary N) is 1. The largest absolute Gasteiger partial charge is 0.478 e. The first-order chi connectivity index (χ1) is 11.7.